The first kappa shape index (κ1) is 15.7. The standard InChI is InChI=1S/C16H11BrN2O3/c1-22-15-7-3-10(8-12(15)17)2-5-13-11(9-18)4-6-14(19-13)16(20)21/h2-8H,1H3,(H,20,21). The van der Waals surface area contributed by atoms with Crippen molar-refractivity contribution < 1.29 is 14.6 Å². The summed E-state index contributed by atoms with van der Waals surface area (Å²) in [4.78, 5) is 14.9. The fourth-order valence-corrected chi connectivity index (χ4v) is 2.34. The number of carbonyl (C=O) groups is 1. The Balaban J connectivity index is 2.37. The van der Waals surface area contributed by atoms with Gasteiger partial charge >= 0.3 is 5.97 Å². The van der Waals surface area contributed by atoms with E-state index >= 15 is 0 Å². The summed E-state index contributed by atoms with van der Waals surface area (Å²) in [7, 11) is 1.58. The summed E-state index contributed by atoms with van der Waals surface area (Å²) in [5.74, 6) is -0.424. The molecule has 1 N–H and O–H groups in total. The van der Waals surface area contributed by atoms with Crippen molar-refractivity contribution in [2.75, 3.05) is 7.11 Å². The van der Waals surface area contributed by atoms with E-state index in [1.165, 1.54) is 12.1 Å². The SMILES string of the molecule is COc1ccc(C=Cc2nc(C(=O)O)ccc2C#N)cc1Br. The molecule has 0 aliphatic rings. The average molecular weight is 359 g/mol. The Bertz CT molecular complexity index is 794. The van der Waals surface area contributed by atoms with Gasteiger partial charge in [0.25, 0.3) is 0 Å². The summed E-state index contributed by atoms with van der Waals surface area (Å²) in [6.07, 6.45) is 3.36. The van der Waals surface area contributed by atoms with Gasteiger partial charge in [-0.25, -0.2) is 9.78 Å². The number of hydrogen-bond donors (Lipinski definition) is 1. The van der Waals surface area contributed by atoms with E-state index in [9.17, 15) is 4.79 Å². The number of carboxylic acid groups (broad SMARTS) is 1. The molecule has 0 saturated carbocycles. The minimum Gasteiger partial charge on any atom is -0.496 e. The van der Waals surface area contributed by atoms with Gasteiger partial charge in [0, 0.05) is 0 Å². The van der Waals surface area contributed by atoms with Crippen LogP contribution in [0.3, 0.4) is 0 Å². The van der Waals surface area contributed by atoms with Gasteiger partial charge in [0.15, 0.2) is 0 Å². The minimum atomic E-state index is -1.13. The number of pyridine rings is 1. The number of methoxy groups -OCH3 is 1. The molecule has 0 amide bonds. The summed E-state index contributed by atoms with van der Waals surface area (Å²) in [6, 6.07) is 10.2. The monoisotopic (exact) mass is 358 g/mol. The van der Waals surface area contributed by atoms with Crippen LogP contribution in [0.25, 0.3) is 12.2 Å². The van der Waals surface area contributed by atoms with Crippen LogP contribution in [-0.4, -0.2) is 23.2 Å². The predicted octanol–water partition coefficient (Wildman–Crippen LogP) is 3.59. The third kappa shape index (κ3) is 3.51. The molecule has 0 spiro atoms. The summed E-state index contributed by atoms with van der Waals surface area (Å²) in [5.41, 5.74) is 1.39. The van der Waals surface area contributed by atoms with Crippen LogP contribution in [0.4, 0.5) is 0 Å². The molecule has 1 aromatic carbocycles. The molecule has 22 heavy (non-hydrogen) atoms. The average Bonchev–Trinajstić information content (AvgIpc) is 2.52. The third-order valence-electron chi connectivity index (χ3n) is 2.87. The van der Waals surface area contributed by atoms with Crippen molar-refractivity contribution in [1.29, 1.82) is 5.26 Å². The molecule has 6 heteroatoms. The molecule has 1 heterocycles. The van der Waals surface area contributed by atoms with Gasteiger partial charge in [0.05, 0.1) is 22.8 Å². The first-order valence-electron chi connectivity index (χ1n) is 6.21. The second kappa shape index (κ2) is 6.87. The van der Waals surface area contributed by atoms with E-state index in [-0.39, 0.29) is 5.69 Å². The lowest BCUT2D eigenvalue weighted by Crippen LogP contribution is -2.02. The second-order valence-corrected chi connectivity index (χ2v) is 5.13. The van der Waals surface area contributed by atoms with E-state index in [0.29, 0.717) is 17.0 Å². The van der Waals surface area contributed by atoms with Crippen LogP contribution in [0.2, 0.25) is 0 Å². The molecule has 0 bridgehead atoms. The van der Waals surface area contributed by atoms with Crippen LogP contribution in [0.15, 0.2) is 34.8 Å². The Hall–Kier alpha value is -2.65. The number of rotatable bonds is 4. The van der Waals surface area contributed by atoms with Gasteiger partial charge in [-0.15, -0.1) is 0 Å². The van der Waals surface area contributed by atoms with Crippen molar-refractivity contribution in [2.24, 2.45) is 0 Å². The summed E-state index contributed by atoms with van der Waals surface area (Å²) >= 11 is 3.39. The number of ether oxygens (including phenoxy) is 1. The highest BCUT2D eigenvalue weighted by Gasteiger charge is 2.08. The number of halogens is 1. The molecule has 0 unspecified atom stereocenters. The zero-order valence-corrected chi connectivity index (χ0v) is 13.2. The molecule has 110 valence electrons. The number of hydrogen-bond acceptors (Lipinski definition) is 4. The first-order chi connectivity index (χ1) is 10.5. The molecule has 0 atom stereocenters. The zero-order chi connectivity index (χ0) is 16.1. The Kier molecular flexibility index (Phi) is 4.92. The molecule has 0 aliphatic heterocycles. The second-order valence-electron chi connectivity index (χ2n) is 4.27. The summed E-state index contributed by atoms with van der Waals surface area (Å²) in [6.45, 7) is 0. The molecule has 0 saturated heterocycles. The van der Waals surface area contributed by atoms with Crippen LogP contribution in [0, 0.1) is 11.3 Å². The van der Waals surface area contributed by atoms with Gasteiger partial charge in [-0.05, 0) is 51.8 Å². The fourth-order valence-electron chi connectivity index (χ4n) is 1.78. The number of nitriles is 1. The lowest BCUT2D eigenvalue weighted by atomic mass is 10.1. The van der Waals surface area contributed by atoms with Crippen molar-refractivity contribution in [3.05, 3.63) is 57.3 Å². The minimum absolute atomic E-state index is 0.102. The lowest BCUT2D eigenvalue weighted by Gasteiger charge is -2.03. The normalized spacial score (nSPS) is 10.4. The molecule has 5 nitrogen and oxygen atoms in total. The Morgan fingerprint density at radius 3 is 2.73 bits per heavy atom. The lowest BCUT2D eigenvalue weighted by molar-refractivity contribution is 0.0690. The first-order valence-corrected chi connectivity index (χ1v) is 7.00. The predicted molar refractivity (Wildman–Crippen MR) is 85.5 cm³/mol. The van der Waals surface area contributed by atoms with Crippen molar-refractivity contribution in [3.63, 3.8) is 0 Å². The number of aromatic nitrogens is 1. The van der Waals surface area contributed by atoms with Crippen molar-refractivity contribution in [3.8, 4) is 11.8 Å². The van der Waals surface area contributed by atoms with E-state index in [0.717, 1.165) is 10.0 Å². The maximum absolute atomic E-state index is 11.0. The quantitative estimate of drug-likeness (QED) is 0.902. The van der Waals surface area contributed by atoms with Crippen molar-refractivity contribution >= 4 is 34.1 Å². The van der Waals surface area contributed by atoms with Crippen molar-refractivity contribution in [2.45, 2.75) is 0 Å². The van der Waals surface area contributed by atoms with Gasteiger partial charge in [0.1, 0.15) is 17.5 Å². The van der Waals surface area contributed by atoms with Crippen LogP contribution in [0.1, 0.15) is 27.3 Å². The van der Waals surface area contributed by atoms with Crippen LogP contribution in [-0.2, 0) is 0 Å². The molecular formula is C16H11BrN2O3. The smallest absolute Gasteiger partial charge is 0.354 e. The fraction of sp³-hybridized carbons (Fsp3) is 0.0625. The Morgan fingerprint density at radius 1 is 1.36 bits per heavy atom. The molecule has 2 rings (SSSR count). The molecule has 2 aromatic rings. The molecule has 0 radical (unpaired) electrons. The van der Waals surface area contributed by atoms with Crippen LogP contribution in [0.5, 0.6) is 5.75 Å². The largest absolute Gasteiger partial charge is 0.496 e. The number of carboxylic acids is 1. The molecule has 0 aliphatic carbocycles. The van der Waals surface area contributed by atoms with Crippen LogP contribution < -0.4 is 4.74 Å². The zero-order valence-electron chi connectivity index (χ0n) is 11.6. The maximum atomic E-state index is 11.0. The molecule has 0 fully saturated rings. The summed E-state index contributed by atoms with van der Waals surface area (Å²) < 4.78 is 5.95. The summed E-state index contributed by atoms with van der Waals surface area (Å²) in [5, 5.41) is 18.0. The van der Waals surface area contributed by atoms with E-state index in [2.05, 4.69) is 20.9 Å². The maximum Gasteiger partial charge on any atom is 0.354 e. The van der Waals surface area contributed by atoms with Gasteiger partial charge in [-0.3, -0.25) is 0 Å². The number of aromatic carboxylic acids is 1. The topological polar surface area (TPSA) is 83.2 Å². The van der Waals surface area contributed by atoms with E-state index in [1.54, 1.807) is 25.3 Å². The molecule has 1 aromatic heterocycles. The highest BCUT2D eigenvalue weighted by Crippen LogP contribution is 2.26. The molecular weight excluding hydrogens is 348 g/mol. The van der Waals surface area contributed by atoms with E-state index < -0.39 is 5.97 Å². The van der Waals surface area contributed by atoms with Gasteiger partial charge in [0.2, 0.25) is 0 Å². The van der Waals surface area contributed by atoms with E-state index in [4.69, 9.17) is 15.1 Å². The van der Waals surface area contributed by atoms with Crippen molar-refractivity contribution in [1.82, 2.24) is 4.98 Å². The highest BCUT2D eigenvalue weighted by atomic mass is 79.9. The van der Waals surface area contributed by atoms with Gasteiger partial charge in [-0.2, -0.15) is 5.26 Å². The number of benzene rings is 1. The Labute approximate surface area is 135 Å². The van der Waals surface area contributed by atoms with Gasteiger partial charge in [-0.1, -0.05) is 12.1 Å². The third-order valence-corrected chi connectivity index (χ3v) is 3.49. The number of nitrogens with zero attached hydrogens (tertiary/aromatic N) is 2. The Morgan fingerprint density at radius 2 is 2.14 bits per heavy atom. The van der Waals surface area contributed by atoms with Crippen LogP contribution >= 0.6 is 15.9 Å². The highest BCUT2D eigenvalue weighted by molar-refractivity contribution is 9.10. The van der Waals surface area contributed by atoms with Gasteiger partial charge < -0.3 is 9.84 Å². The van der Waals surface area contributed by atoms with E-state index in [1.807, 2.05) is 18.2 Å².